The summed E-state index contributed by atoms with van der Waals surface area (Å²) in [7, 11) is 1.61. The molecule has 2 aromatic rings. The fourth-order valence-electron chi connectivity index (χ4n) is 2.87. The quantitative estimate of drug-likeness (QED) is 0.524. The van der Waals surface area contributed by atoms with Crippen molar-refractivity contribution >= 4 is 39.5 Å². The number of hydrogen-bond acceptors (Lipinski definition) is 4. The average Bonchev–Trinajstić information content (AvgIpc) is 2.72. The molecule has 0 fully saturated rings. The Hall–Kier alpha value is -1.99. The van der Waals surface area contributed by atoms with Crippen molar-refractivity contribution in [3.63, 3.8) is 0 Å². The molecular formula is C23H29BrN2O3S. The molecular weight excluding hydrogens is 464 g/mol. The van der Waals surface area contributed by atoms with Gasteiger partial charge in [0, 0.05) is 22.8 Å². The third-order valence-electron chi connectivity index (χ3n) is 4.49. The average molecular weight is 493 g/mol. The number of methoxy groups -OCH3 is 1. The van der Waals surface area contributed by atoms with Crippen LogP contribution in [0.25, 0.3) is 0 Å². The number of hydrogen-bond donors (Lipinski definition) is 1. The molecule has 0 aliphatic rings. The van der Waals surface area contributed by atoms with E-state index in [2.05, 4.69) is 21.2 Å². The van der Waals surface area contributed by atoms with Gasteiger partial charge < -0.3 is 15.0 Å². The number of rotatable bonds is 10. The normalized spacial score (nSPS) is 11.8. The monoisotopic (exact) mass is 492 g/mol. The molecule has 0 spiro atoms. The van der Waals surface area contributed by atoms with Gasteiger partial charge in [0.2, 0.25) is 11.8 Å². The Kier molecular flexibility index (Phi) is 9.72. The van der Waals surface area contributed by atoms with Crippen molar-refractivity contribution in [3.8, 4) is 5.75 Å². The van der Waals surface area contributed by atoms with Gasteiger partial charge in [-0.1, -0.05) is 40.2 Å². The standard InChI is InChI=1S/C23H29BrN2O3S/c1-16(2)25-23(28)17(3)26(13-19-6-5-7-21(12-19)29-4)22(27)15-30-14-18-8-10-20(24)11-9-18/h5-12,16-17H,13-15H2,1-4H3,(H,25,28). The molecule has 30 heavy (non-hydrogen) atoms. The van der Waals surface area contributed by atoms with Gasteiger partial charge in [-0.15, -0.1) is 11.8 Å². The van der Waals surface area contributed by atoms with E-state index in [4.69, 9.17) is 4.74 Å². The van der Waals surface area contributed by atoms with Crippen molar-refractivity contribution in [2.75, 3.05) is 12.9 Å². The summed E-state index contributed by atoms with van der Waals surface area (Å²) in [5, 5.41) is 2.90. The third-order valence-corrected chi connectivity index (χ3v) is 6.01. The van der Waals surface area contributed by atoms with Crippen molar-refractivity contribution in [3.05, 3.63) is 64.1 Å². The minimum Gasteiger partial charge on any atom is -0.497 e. The summed E-state index contributed by atoms with van der Waals surface area (Å²) < 4.78 is 6.32. The van der Waals surface area contributed by atoms with Crippen LogP contribution < -0.4 is 10.1 Å². The van der Waals surface area contributed by atoms with Crippen LogP contribution in [0.2, 0.25) is 0 Å². The molecule has 0 radical (unpaired) electrons. The van der Waals surface area contributed by atoms with E-state index in [1.807, 2.05) is 62.4 Å². The van der Waals surface area contributed by atoms with Crippen LogP contribution in [0, 0.1) is 0 Å². The topological polar surface area (TPSA) is 58.6 Å². The number of carbonyl (C=O) groups is 2. The van der Waals surface area contributed by atoms with E-state index < -0.39 is 6.04 Å². The lowest BCUT2D eigenvalue weighted by Crippen LogP contribution is -2.49. The second-order valence-electron chi connectivity index (χ2n) is 7.33. The van der Waals surface area contributed by atoms with Crippen molar-refractivity contribution in [2.24, 2.45) is 0 Å². The molecule has 7 heteroatoms. The first-order valence-corrected chi connectivity index (χ1v) is 11.8. The van der Waals surface area contributed by atoms with Crippen LogP contribution in [0.3, 0.4) is 0 Å². The molecule has 5 nitrogen and oxygen atoms in total. The number of nitrogens with zero attached hydrogens (tertiary/aromatic N) is 1. The van der Waals surface area contributed by atoms with E-state index in [-0.39, 0.29) is 17.9 Å². The van der Waals surface area contributed by atoms with Crippen LogP contribution >= 0.6 is 27.7 Å². The zero-order valence-corrected chi connectivity index (χ0v) is 20.3. The van der Waals surface area contributed by atoms with Gasteiger partial charge in [-0.3, -0.25) is 9.59 Å². The minimum absolute atomic E-state index is 0.0144. The smallest absolute Gasteiger partial charge is 0.242 e. The fraction of sp³-hybridized carbons (Fsp3) is 0.391. The van der Waals surface area contributed by atoms with E-state index in [0.29, 0.717) is 12.3 Å². The Labute approximate surface area is 191 Å². The van der Waals surface area contributed by atoms with Crippen LogP contribution in [0.4, 0.5) is 0 Å². The molecule has 2 rings (SSSR count). The summed E-state index contributed by atoms with van der Waals surface area (Å²) >= 11 is 4.98. The minimum atomic E-state index is -0.570. The fourth-order valence-corrected chi connectivity index (χ4v) is 4.01. The maximum Gasteiger partial charge on any atom is 0.242 e. The van der Waals surface area contributed by atoms with Crippen molar-refractivity contribution in [2.45, 2.75) is 45.2 Å². The Bertz CT molecular complexity index is 843. The predicted molar refractivity (Wildman–Crippen MR) is 127 cm³/mol. The summed E-state index contributed by atoms with van der Waals surface area (Å²) in [5.74, 6) is 1.55. The molecule has 0 bridgehead atoms. The van der Waals surface area contributed by atoms with E-state index in [9.17, 15) is 9.59 Å². The first-order chi connectivity index (χ1) is 14.3. The summed E-state index contributed by atoms with van der Waals surface area (Å²) in [6.45, 7) is 5.94. The summed E-state index contributed by atoms with van der Waals surface area (Å²) in [5.41, 5.74) is 2.07. The molecule has 0 aromatic heterocycles. The molecule has 0 heterocycles. The second-order valence-corrected chi connectivity index (χ2v) is 9.23. The largest absolute Gasteiger partial charge is 0.497 e. The highest BCUT2D eigenvalue weighted by atomic mass is 79.9. The number of halogens is 1. The highest BCUT2D eigenvalue weighted by molar-refractivity contribution is 9.10. The zero-order valence-electron chi connectivity index (χ0n) is 17.9. The highest BCUT2D eigenvalue weighted by Gasteiger charge is 2.26. The van der Waals surface area contributed by atoms with Gasteiger partial charge in [0.15, 0.2) is 0 Å². The van der Waals surface area contributed by atoms with Crippen molar-refractivity contribution in [1.29, 1.82) is 0 Å². The van der Waals surface area contributed by atoms with E-state index >= 15 is 0 Å². The van der Waals surface area contributed by atoms with Crippen LogP contribution in [0.1, 0.15) is 31.9 Å². The number of carbonyl (C=O) groups excluding carboxylic acids is 2. The van der Waals surface area contributed by atoms with Crippen LogP contribution in [0.5, 0.6) is 5.75 Å². The van der Waals surface area contributed by atoms with Crippen LogP contribution in [-0.2, 0) is 21.9 Å². The van der Waals surface area contributed by atoms with E-state index in [1.165, 1.54) is 0 Å². The SMILES string of the molecule is COc1cccc(CN(C(=O)CSCc2ccc(Br)cc2)C(C)C(=O)NC(C)C)c1. The molecule has 162 valence electrons. The van der Waals surface area contributed by atoms with Gasteiger partial charge in [-0.2, -0.15) is 0 Å². The highest BCUT2D eigenvalue weighted by Crippen LogP contribution is 2.19. The van der Waals surface area contributed by atoms with Crippen LogP contribution in [0.15, 0.2) is 53.0 Å². The first-order valence-electron chi connectivity index (χ1n) is 9.85. The number of amides is 2. The van der Waals surface area contributed by atoms with Gasteiger partial charge in [0.1, 0.15) is 11.8 Å². The van der Waals surface area contributed by atoms with Gasteiger partial charge in [-0.05, 0) is 56.2 Å². The lowest BCUT2D eigenvalue weighted by atomic mass is 10.1. The molecule has 2 aromatic carbocycles. The predicted octanol–water partition coefficient (Wildman–Crippen LogP) is 4.63. The Morgan fingerprint density at radius 3 is 2.43 bits per heavy atom. The molecule has 0 aliphatic heterocycles. The van der Waals surface area contributed by atoms with Crippen molar-refractivity contribution in [1.82, 2.24) is 10.2 Å². The maximum atomic E-state index is 13.1. The number of benzene rings is 2. The van der Waals surface area contributed by atoms with Gasteiger partial charge in [-0.25, -0.2) is 0 Å². The summed E-state index contributed by atoms with van der Waals surface area (Å²) in [6.07, 6.45) is 0. The third kappa shape index (κ3) is 7.69. The first kappa shape index (κ1) is 24.3. The summed E-state index contributed by atoms with van der Waals surface area (Å²) in [6, 6.07) is 15.1. The van der Waals surface area contributed by atoms with E-state index in [1.54, 1.807) is 30.7 Å². The zero-order chi connectivity index (χ0) is 22.1. The molecule has 2 amide bonds. The molecule has 1 atom stereocenters. The molecule has 0 aliphatic carbocycles. The second kappa shape index (κ2) is 12.0. The molecule has 1 N–H and O–H groups in total. The number of nitrogens with one attached hydrogen (secondary N) is 1. The van der Waals surface area contributed by atoms with Crippen LogP contribution in [-0.4, -0.2) is 41.7 Å². The molecule has 0 saturated heterocycles. The Balaban J connectivity index is 2.08. The molecule has 1 unspecified atom stereocenters. The van der Waals surface area contributed by atoms with Crippen molar-refractivity contribution < 1.29 is 14.3 Å². The summed E-state index contributed by atoms with van der Waals surface area (Å²) in [4.78, 5) is 27.3. The number of ether oxygens (including phenoxy) is 1. The Morgan fingerprint density at radius 2 is 1.80 bits per heavy atom. The lowest BCUT2D eigenvalue weighted by Gasteiger charge is -2.29. The maximum absolute atomic E-state index is 13.1. The lowest BCUT2D eigenvalue weighted by molar-refractivity contribution is -0.138. The number of thioether (sulfide) groups is 1. The Morgan fingerprint density at radius 1 is 1.10 bits per heavy atom. The van der Waals surface area contributed by atoms with Gasteiger partial charge in [0.05, 0.1) is 12.9 Å². The molecule has 0 saturated carbocycles. The van der Waals surface area contributed by atoms with E-state index in [0.717, 1.165) is 27.1 Å². The van der Waals surface area contributed by atoms with Gasteiger partial charge in [0.25, 0.3) is 0 Å². The van der Waals surface area contributed by atoms with Gasteiger partial charge >= 0.3 is 0 Å².